The SMILES string of the molecule is CC(C)(C)[Si](O[C@H]1C[C@H](Br)C2=C(Br)C(=O)CC[C@@]21C)(c1ccccc1)c1ccccc1. The highest BCUT2D eigenvalue weighted by Crippen LogP contribution is 2.56. The lowest BCUT2D eigenvalue weighted by Gasteiger charge is -2.48. The number of alkyl halides is 1. The minimum Gasteiger partial charge on any atom is -0.404 e. The molecule has 2 aromatic rings. The van der Waals surface area contributed by atoms with Crippen molar-refractivity contribution in [3.63, 3.8) is 0 Å². The molecule has 3 atom stereocenters. The van der Waals surface area contributed by atoms with Gasteiger partial charge in [-0.2, -0.15) is 0 Å². The van der Waals surface area contributed by atoms with E-state index in [1.807, 2.05) is 0 Å². The number of halogens is 2. The van der Waals surface area contributed by atoms with Gasteiger partial charge in [0.2, 0.25) is 0 Å². The van der Waals surface area contributed by atoms with Crippen LogP contribution >= 0.6 is 31.9 Å². The number of hydrogen-bond donors (Lipinski definition) is 0. The number of carbonyl (C=O) groups is 1. The van der Waals surface area contributed by atoms with E-state index in [1.165, 1.54) is 15.9 Å². The molecule has 0 aromatic heterocycles. The largest absolute Gasteiger partial charge is 0.404 e. The second-order valence-corrected chi connectivity index (χ2v) is 16.2. The highest BCUT2D eigenvalue weighted by atomic mass is 79.9. The fraction of sp³-hybridized carbons (Fsp3) is 0.423. The molecule has 5 heteroatoms. The van der Waals surface area contributed by atoms with Gasteiger partial charge < -0.3 is 4.43 Å². The third-order valence-corrected chi connectivity index (χ3v) is 13.9. The number of fused-ring (bicyclic) bond motifs is 1. The van der Waals surface area contributed by atoms with Crippen molar-refractivity contribution in [3.8, 4) is 0 Å². The maximum Gasteiger partial charge on any atom is 0.261 e. The van der Waals surface area contributed by atoms with Gasteiger partial charge >= 0.3 is 0 Å². The first-order chi connectivity index (χ1) is 14.6. The molecule has 0 radical (unpaired) electrons. The van der Waals surface area contributed by atoms with Crippen LogP contribution in [-0.2, 0) is 9.22 Å². The van der Waals surface area contributed by atoms with E-state index in [1.54, 1.807) is 0 Å². The van der Waals surface area contributed by atoms with E-state index in [4.69, 9.17) is 4.43 Å². The normalized spacial score (nSPS) is 26.8. The Morgan fingerprint density at radius 1 is 1.00 bits per heavy atom. The highest BCUT2D eigenvalue weighted by molar-refractivity contribution is 9.12. The molecule has 0 aliphatic heterocycles. The van der Waals surface area contributed by atoms with Gasteiger partial charge in [-0.15, -0.1) is 0 Å². The van der Waals surface area contributed by atoms with Crippen molar-refractivity contribution in [2.45, 2.75) is 62.9 Å². The molecule has 0 bridgehead atoms. The molecule has 0 spiro atoms. The van der Waals surface area contributed by atoms with Crippen LogP contribution in [0.3, 0.4) is 0 Å². The Hall–Kier alpha value is -1.01. The topological polar surface area (TPSA) is 26.3 Å². The number of hydrogen-bond acceptors (Lipinski definition) is 2. The number of allylic oxidation sites excluding steroid dienone is 1. The molecule has 4 rings (SSSR count). The summed E-state index contributed by atoms with van der Waals surface area (Å²) >= 11 is 7.52. The van der Waals surface area contributed by atoms with Crippen LogP contribution in [0.2, 0.25) is 5.04 Å². The quantitative estimate of drug-likeness (QED) is 0.332. The van der Waals surface area contributed by atoms with Gasteiger partial charge in [0.1, 0.15) is 0 Å². The summed E-state index contributed by atoms with van der Waals surface area (Å²) in [7, 11) is -2.65. The monoisotopic (exact) mass is 560 g/mol. The first-order valence-electron chi connectivity index (χ1n) is 11.0. The molecule has 0 amide bonds. The molecule has 0 heterocycles. The van der Waals surface area contributed by atoms with Crippen molar-refractivity contribution in [3.05, 3.63) is 70.7 Å². The molecular formula is C26H30Br2O2Si. The summed E-state index contributed by atoms with van der Waals surface area (Å²) in [5.74, 6) is 0.211. The van der Waals surface area contributed by atoms with Gasteiger partial charge in [0.05, 0.1) is 10.6 Å². The smallest absolute Gasteiger partial charge is 0.261 e. The van der Waals surface area contributed by atoms with Crippen LogP contribution in [0.15, 0.2) is 70.7 Å². The molecule has 2 aromatic carbocycles. The van der Waals surface area contributed by atoms with E-state index in [0.29, 0.717) is 6.42 Å². The van der Waals surface area contributed by atoms with Gasteiger partial charge in [-0.3, -0.25) is 4.79 Å². The first kappa shape index (κ1) is 23.2. The summed E-state index contributed by atoms with van der Waals surface area (Å²) in [5, 5.41) is 2.53. The zero-order chi connectivity index (χ0) is 22.4. The Bertz CT molecular complexity index is 958. The van der Waals surface area contributed by atoms with Gasteiger partial charge in [-0.05, 0) is 49.8 Å². The van der Waals surface area contributed by atoms with Crippen molar-refractivity contribution in [2.75, 3.05) is 0 Å². The molecular weight excluding hydrogens is 532 g/mol. The van der Waals surface area contributed by atoms with E-state index in [9.17, 15) is 4.79 Å². The Balaban J connectivity index is 1.90. The van der Waals surface area contributed by atoms with E-state index < -0.39 is 8.32 Å². The summed E-state index contributed by atoms with van der Waals surface area (Å²) in [6.45, 7) is 9.25. The molecule has 0 unspecified atom stereocenters. The lowest BCUT2D eigenvalue weighted by molar-refractivity contribution is -0.116. The Kier molecular flexibility index (Phi) is 6.27. The third kappa shape index (κ3) is 3.75. The summed E-state index contributed by atoms with van der Waals surface area (Å²) in [6.07, 6.45) is 2.32. The fourth-order valence-corrected chi connectivity index (χ4v) is 12.6. The predicted octanol–water partition coefficient (Wildman–Crippen LogP) is 6.12. The van der Waals surface area contributed by atoms with Crippen LogP contribution in [0, 0.1) is 5.41 Å². The summed E-state index contributed by atoms with van der Waals surface area (Å²) in [6, 6.07) is 21.6. The zero-order valence-corrected chi connectivity index (χ0v) is 22.8. The number of carbonyl (C=O) groups excluding carboxylic acids is 1. The van der Waals surface area contributed by atoms with Crippen LogP contribution in [0.25, 0.3) is 0 Å². The molecule has 0 N–H and O–H groups in total. The molecule has 2 aliphatic rings. The van der Waals surface area contributed by atoms with Gasteiger partial charge in [0.15, 0.2) is 5.78 Å². The van der Waals surface area contributed by atoms with Crippen LogP contribution in [0.1, 0.15) is 47.0 Å². The third-order valence-electron chi connectivity index (χ3n) is 7.15. The molecule has 0 saturated heterocycles. The minimum absolute atomic E-state index is 0.0406. The number of benzene rings is 2. The second kappa shape index (κ2) is 8.40. The Morgan fingerprint density at radius 3 is 2.00 bits per heavy atom. The first-order valence-corrected chi connectivity index (χ1v) is 14.6. The summed E-state index contributed by atoms with van der Waals surface area (Å²) in [4.78, 5) is 12.6. The predicted molar refractivity (Wildman–Crippen MR) is 138 cm³/mol. The van der Waals surface area contributed by atoms with E-state index in [2.05, 4.69) is 120 Å². The molecule has 31 heavy (non-hydrogen) atoms. The van der Waals surface area contributed by atoms with E-state index >= 15 is 0 Å². The van der Waals surface area contributed by atoms with Crippen LogP contribution < -0.4 is 10.4 Å². The molecule has 2 aliphatic carbocycles. The van der Waals surface area contributed by atoms with E-state index in [0.717, 1.165) is 17.3 Å². The van der Waals surface area contributed by atoms with Crippen molar-refractivity contribution in [1.29, 1.82) is 0 Å². The van der Waals surface area contributed by atoms with Crippen molar-refractivity contribution in [2.24, 2.45) is 5.41 Å². The average molecular weight is 562 g/mol. The van der Waals surface area contributed by atoms with Gasteiger partial charge in [-0.25, -0.2) is 0 Å². The molecule has 2 nitrogen and oxygen atoms in total. The number of ketones is 1. The Morgan fingerprint density at radius 2 is 1.52 bits per heavy atom. The minimum atomic E-state index is -2.65. The average Bonchev–Trinajstić information content (AvgIpc) is 2.99. The Labute approximate surface area is 203 Å². The fourth-order valence-electron chi connectivity index (χ4n) is 5.50. The van der Waals surface area contributed by atoms with Crippen LogP contribution in [-0.4, -0.2) is 25.0 Å². The van der Waals surface area contributed by atoms with Crippen LogP contribution in [0.5, 0.6) is 0 Å². The van der Waals surface area contributed by atoms with Gasteiger partial charge in [0, 0.05) is 16.7 Å². The maximum absolute atomic E-state index is 12.5. The zero-order valence-electron chi connectivity index (χ0n) is 18.6. The van der Waals surface area contributed by atoms with Gasteiger partial charge in [-0.1, -0.05) is 104 Å². The van der Waals surface area contributed by atoms with Crippen LogP contribution in [0.4, 0.5) is 0 Å². The number of Topliss-reactive ketones (excluding diaryl/α,β-unsaturated/α-hetero) is 1. The van der Waals surface area contributed by atoms with Crippen molar-refractivity contribution >= 4 is 56.3 Å². The van der Waals surface area contributed by atoms with Gasteiger partial charge in [0.25, 0.3) is 8.32 Å². The highest BCUT2D eigenvalue weighted by Gasteiger charge is 2.58. The van der Waals surface area contributed by atoms with Crippen molar-refractivity contribution < 1.29 is 9.22 Å². The lowest BCUT2D eigenvalue weighted by atomic mass is 9.74. The lowest BCUT2D eigenvalue weighted by Crippen LogP contribution is -2.68. The van der Waals surface area contributed by atoms with Crippen molar-refractivity contribution in [1.82, 2.24) is 0 Å². The maximum atomic E-state index is 12.5. The number of rotatable bonds is 4. The summed E-state index contributed by atoms with van der Waals surface area (Å²) in [5.41, 5.74) is 1.03. The standard InChI is InChI=1S/C26H30Br2O2Si/c1-25(2,3)31(18-11-7-5-8-12-18,19-13-9-6-10-14-19)30-22-17-20(27)23-24(28)21(29)15-16-26(22,23)4/h5-14,20,22H,15-17H2,1-4H3/t20-,22-,26+/m0/s1. The summed E-state index contributed by atoms with van der Waals surface area (Å²) < 4.78 is 8.27. The molecule has 1 saturated carbocycles. The molecule has 164 valence electrons. The molecule has 1 fully saturated rings. The van der Waals surface area contributed by atoms with E-state index in [-0.39, 0.29) is 27.2 Å². The second-order valence-electron chi connectivity index (χ2n) is 10.0.